The lowest BCUT2D eigenvalue weighted by Gasteiger charge is -2.30. The van der Waals surface area contributed by atoms with Gasteiger partial charge in [0.1, 0.15) is 19.3 Å². The molecule has 0 aliphatic carbocycles. The summed E-state index contributed by atoms with van der Waals surface area (Å²) >= 11 is 0. The topological polar surface area (TPSA) is 114 Å². The molecule has 9 nitrogen and oxygen atoms in total. The highest BCUT2D eigenvalue weighted by atomic mass is 31.2. The van der Waals surface area contributed by atoms with Crippen LogP contribution in [-0.4, -0.2) is 69.4 Å². The largest absolute Gasteiger partial charge is 0.756 e. The third kappa shape index (κ3) is 53.8. The molecule has 0 rings (SSSR count). The van der Waals surface area contributed by atoms with E-state index in [2.05, 4.69) is 99.0 Å². The first-order valence-electron chi connectivity index (χ1n) is 29.9. The number of allylic oxidation sites excluding steroid dienone is 13. The number of nitrogens with one attached hydrogen (secondary N) is 1. The predicted molar refractivity (Wildman–Crippen MR) is 311 cm³/mol. The van der Waals surface area contributed by atoms with Gasteiger partial charge < -0.3 is 28.5 Å². The quantitative estimate of drug-likeness (QED) is 0.0212. The van der Waals surface area contributed by atoms with E-state index < -0.39 is 32.5 Å². The zero-order valence-corrected chi connectivity index (χ0v) is 49.0. The summed E-state index contributed by atoms with van der Waals surface area (Å²) in [7, 11) is 1.15. The number of carbonyl (C=O) groups excluding carboxylic acids is 2. The van der Waals surface area contributed by atoms with Crippen molar-refractivity contribution in [1.29, 1.82) is 0 Å². The van der Waals surface area contributed by atoms with Crippen LogP contribution in [0.2, 0.25) is 0 Å². The van der Waals surface area contributed by atoms with Crippen molar-refractivity contribution in [3.05, 3.63) is 85.1 Å². The molecule has 0 aromatic carbocycles. The van der Waals surface area contributed by atoms with Crippen LogP contribution < -0.4 is 10.2 Å². The smallest absolute Gasteiger partial charge is 0.306 e. The number of likely N-dealkylation sites (N-methyl/N-ethyl adjacent to an activating group) is 1. The Hall–Kier alpha value is -2.81. The maximum absolute atomic E-state index is 13.5. The van der Waals surface area contributed by atoms with Crippen LogP contribution in [0.4, 0.5) is 0 Å². The molecule has 0 aromatic heterocycles. The zero-order chi connectivity index (χ0) is 53.6. The van der Waals surface area contributed by atoms with Gasteiger partial charge in [-0.15, -0.1) is 0 Å². The number of hydrogen-bond acceptors (Lipinski definition) is 7. The molecule has 0 saturated carbocycles. The number of quaternary nitrogens is 1. The highest BCUT2D eigenvalue weighted by molar-refractivity contribution is 7.45. The van der Waals surface area contributed by atoms with Gasteiger partial charge in [-0.05, 0) is 102 Å². The lowest BCUT2D eigenvalue weighted by molar-refractivity contribution is -0.870. The van der Waals surface area contributed by atoms with Gasteiger partial charge in [0.2, 0.25) is 5.91 Å². The van der Waals surface area contributed by atoms with Gasteiger partial charge in [-0.25, -0.2) is 0 Å². The summed E-state index contributed by atoms with van der Waals surface area (Å²) in [5.74, 6) is -0.614. The number of hydrogen-bond donors (Lipinski definition) is 1. The van der Waals surface area contributed by atoms with E-state index in [9.17, 15) is 19.0 Å². The molecule has 0 heterocycles. The van der Waals surface area contributed by atoms with E-state index in [4.69, 9.17) is 13.8 Å². The molecule has 3 unspecified atom stereocenters. The minimum atomic E-state index is -4.71. The fourth-order valence-corrected chi connectivity index (χ4v) is 8.85. The van der Waals surface area contributed by atoms with Crippen molar-refractivity contribution >= 4 is 19.7 Å². The Morgan fingerprint density at radius 2 is 0.849 bits per heavy atom. The summed E-state index contributed by atoms with van der Waals surface area (Å²) in [4.78, 5) is 39.9. The van der Waals surface area contributed by atoms with Crippen LogP contribution in [0.3, 0.4) is 0 Å². The molecule has 73 heavy (non-hydrogen) atoms. The van der Waals surface area contributed by atoms with Gasteiger partial charge in [0.25, 0.3) is 7.82 Å². The Bertz CT molecular complexity index is 1530. The molecule has 3 atom stereocenters. The van der Waals surface area contributed by atoms with Crippen LogP contribution in [-0.2, 0) is 27.9 Å². The molecule has 0 bridgehead atoms. The number of esters is 1. The molecule has 1 N–H and O–H groups in total. The second-order valence-corrected chi connectivity index (χ2v) is 22.6. The maximum atomic E-state index is 13.5. The molecule has 0 radical (unpaired) electrons. The molecule has 0 fully saturated rings. The van der Waals surface area contributed by atoms with Crippen molar-refractivity contribution in [3.63, 3.8) is 0 Å². The lowest BCUT2D eigenvalue weighted by Crippen LogP contribution is -2.47. The Morgan fingerprint density at radius 1 is 0.479 bits per heavy atom. The molecule has 0 aliphatic rings. The number of phosphoric acid groups is 1. The van der Waals surface area contributed by atoms with Crippen LogP contribution in [0.25, 0.3) is 0 Å². The lowest BCUT2D eigenvalue weighted by atomic mass is 10.0. The molecule has 422 valence electrons. The average molecular weight is 1040 g/mol. The monoisotopic (exact) mass is 1040 g/mol. The van der Waals surface area contributed by atoms with E-state index >= 15 is 0 Å². The normalized spacial score (nSPS) is 14.3. The highest BCUT2D eigenvalue weighted by Crippen LogP contribution is 2.38. The minimum absolute atomic E-state index is 0.0348. The van der Waals surface area contributed by atoms with Gasteiger partial charge in [0, 0.05) is 12.8 Å². The summed E-state index contributed by atoms with van der Waals surface area (Å²) < 4.78 is 30.2. The third-order valence-corrected chi connectivity index (χ3v) is 13.8. The van der Waals surface area contributed by atoms with Crippen molar-refractivity contribution in [2.24, 2.45) is 0 Å². The van der Waals surface area contributed by atoms with Gasteiger partial charge in [-0.3, -0.25) is 14.2 Å². The second kappa shape index (κ2) is 52.6. The SMILES string of the molecule is CCCCC/C=C\C/C=C\C/C=C\C/C=C\CCCC(=O)OC(/C=C/CCCCCCCCCCC)C(COP(=O)([O-])OCC[N+](C)(C)C)NC(=O)CCCCCCCCCCC/C=C\C/C=C\CCCCC. The van der Waals surface area contributed by atoms with Crippen molar-refractivity contribution in [2.45, 2.75) is 264 Å². The molecular formula is C63H113N2O7P. The van der Waals surface area contributed by atoms with Crippen molar-refractivity contribution in [1.82, 2.24) is 5.32 Å². The minimum Gasteiger partial charge on any atom is -0.756 e. The molecule has 0 aliphatic heterocycles. The van der Waals surface area contributed by atoms with Gasteiger partial charge in [0.15, 0.2) is 0 Å². The predicted octanol–water partition coefficient (Wildman–Crippen LogP) is 17.6. The Morgan fingerprint density at radius 3 is 1.30 bits per heavy atom. The van der Waals surface area contributed by atoms with Crippen LogP contribution >= 0.6 is 7.82 Å². The maximum Gasteiger partial charge on any atom is 0.306 e. The summed E-state index contributed by atoms with van der Waals surface area (Å²) in [6.45, 7) is 6.74. The summed E-state index contributed by atoms with van der Waals surface area (Å²) in [6.07, 6.45) is 68.4. The Kier molecular flexibility index (Phi) is 50.6. The summed E-state index contributed by atoms with van der Waals surface area (Å²) in [6, 6.07) is -0.915. The zero-order valence-electron chi connectivity index (χ0n) is 48.1. The van der Waals surface area contributed by atoms with E-state index in [0.29, 0.717) is 23.9 Å². The van der Waals surface area contributed by atoms with E-state index in [1.807, 2.05) is 33.3 Å². The Balaban J connectivity index is 5.35. The van der Waals surface area contributed by atoms with Crippen LogP contribution in [0.1, 0.15) is 252 Å². The van der Waals surface area contributed by atoms with Gasteiger partial charge in [0.05, 0.1) is 33.8 Å². The second-order valence-electron chi connectivity index (χ2n) is 21.1. The molecule has 10 heteroatoms. The fourth-order valence-electron chi connectivity index (χ4n) is 8.13. The molecule has 0 aromatic rings. The summed E-state index contributed by atoms with van der Waals surface area (Å²) in [5.41, 5.74) is 0. The molecule has 1 amide bonds. The first-order valence-corrected chi connectivity index (χ1v) is 31.4. The standard InChI is InChI=1S/C63H113N2O7P/c1-7-10-13-16-19-22-25-27-29-31-32-34-35-37-40-43-46-49-52-55-62(66)64-60(59-71-73(68,69)70-58-57-65(4,5)6)61(54-51-48-45-42-39-24-21-18-15-12-9-3)72-63(67)56-53-50-47-44-41-38-36-33-30-28-26-23-20-17-14-11-8-2/h19-20,22-23,27-30,36,38,44,47,51,54,60-61H,7-18,21,24-26,31-35,37,39-43,45-46,48-50,52-53,55-59H2,1-6H3,(H-,64,66,68,69)/b22-19-,23-20-,29-27-,30-28-,38-36-,47-44-,54-51+. The number of unbranched alkanes of at least 4 members (excludes halogenated alkanes) is 25. The van der Waals surface area contributed by atoms with E-state index in [-0.39, 0.29) is 18.9 Å². The average Bonchev–Trinajstić information content (AvgIpc) is 3.35. The Labute approximate surface area is 450 Å². The van der Waals surface area contributed by atoms with Crippen LogP contribution in [0.15, 0.2) is 85.1 Å². The summed E-state index contributed by atoms with van der Waals surface area (Å²) in [5, 5.41) is 3.01. The van der Waals surface area contributed by atoms with Gasteiger partial charge >= 0.3 is 5.97 Å². The number of nitrogens with zero attached hydrogens (tertiary/aromatic N) is 1. The third-order valence-electron chi connectivity index (χ3n) is 12.8. The highest BCUT2D eigenvalue weighted by Gasteiger charge is 2.27. The number of phosphoric ester groups is 1. The molecular weight excluding hydrogens is 928 g/mol. The van der Waals surface area contributed by atoms with E-state index in [0.717, 1.165) is 83.5 Å². The van der Waals surface area contributed by atoms with Gasteiger partial charge in [-0.1, -0.05) is 222 Å². The van der Waals surface area contributed by atoms with Crippen LogP contribution in [0, 0.1) is 0 Å². The number of rotatable bonds is 53. The number of ether oxygens (including phenoxy) is 1. The van der Waals surface area contributed by atoms with Crippen molar-refractivity contribution < 1.29 is 37.3 Å². The van der Waals surface area contributed by atoms with Crippen LogP contribution in [0.5, 0.6) is 0 Å². The first-order chi connectivity index (χ1) is 35.4. The van der Waals surface area contributed by atoms with Gasteiger partial charge in [-0.2, -0.15) is 0 Å². The van der Waals surface area contributed by atoms with Crippen molar-refractivity contribution in [3.8, 4) is 0 Å². The number of carbonyl (C=O) groups is 2. The molecule has 0 spiro atoms. The van der Waals surface area contributed by atoms with Crippen molar-refractivity contribution in [2.75, 3.05) is 40.9 Å². The fraction of sp³-hybridized carbons (Fsp3) is 0.746. The van der Waals surface area contributed by atoms with E-state index in [1.165, 1.54) is 128 Å². The molecule has 0 saturated heterocycles. The number of amides is 1. The first kappa shape index (κ1) is 70.2. The van der Waals surface area contributed by atoms with E-state index in [1.54, 1.807) is 0 Å².